The van der Waals surface area contributed by atoms with E-state index in [-0.39, 0.29) is 6.61 Å². The van der Waals surface area contributed by atoms with Gasteiger partial charge in [-0.1, -0.05) is 45.4 Å². The summed E-state index contributed by atoms with van der Waals surface area (Å²) in [6, 6.07) is 6.31. The zero-order valence-corrected chi connectivity index (χ0v) is 10.5. The molecule has 0 fully saturated rings. The number of hydrogen-bond donors (Lipinski definition) is 1. The van der Waals surface area contributed by atoms with Gasteiger partial charge in [-0.25, -0.2) is 0 Å². The van der Waals surface area contributed by atoms with E-state index in [1.165, 1.54) is 11.1 Å². The maximum atomic E-state index is 8.85. The van der Waals surface area contributed by atoms with Gasteiger partial charge in [0.1, 0.15) is 12.4 Å². The Kier molecular flexibility index (Phi) is 5.33. The molecule has 2 nitrogen and oxygen atoms in total. The molecular formula is C14H22O2. The van der Waals surface area contributed by atoms with Gasteiger partial charge in [-0.05, 0) is 23.5 Å². The van der Waals surface area contributed by atoms with Crippen molar-refractivity contribution < 1.29 is 9.84 Å². The Morgan fingerprint density at radius 2 is 2.06 bits per heavy atom. The average molecular weight is 222 g/mol. The average Bonchev–Trinajstić information content (AvgIpc) is 2.27. The lowest BCUT2D eigenvalue weighted by Gasteiger charge is -2.17. The van der Waals surface area contributed by atoms with E-state index in [9.17, 15) is 0 Å². The van der Waals surface area contributed by atoms with Crippen molar-refractivity contribution in [2.45, 2.75) is 39.5 Å². The van der Waals surface area contributed by atoms with E-state index in [0.29, 0.717) is 12.5 Å². The van der Waals surface area contributed by atoms with Crippen LogP contribution in [0.15, 0.2) is 18.2 Å². The molecule has 0 unspecified atom stereocenters. The molecule has 16 heavy (non-hydrogen) atoms. The second-order valence-corrected chi connectivity index (χ2v) is 4.31. The molecule has 0 aliphatic heterocycles. The van der Waals surface area contributed by atoms with Crippen LogP contribution in [0.1, 0.15) is 44.2 Å². The van der Waals surface area contributed by atoms with Crippen LogP contribution in [0.25, 0.3) is 0 Å². The fourth-order valence-corrected chi connectivity index (χ4v) is 1.85. The van der Waals surface area contributed by atoms with Crippen LogP contribution < -0.4 is 4.74 Å². The number of aryl methyl sites for hydroxylation is 1. The first-order chi connectivity index (χ1) is 7.70. The summed E-state index contributed by atoms with van der Waals surface area (Å²) < 4.78 is 5.68. The highest BCUT2D eigenvalue weighted by atomic mass is 16.5. The first-order valence-electron chi connectivity index (χ1n) is 6.06. The number of aliphatic hydroxyl groups excluding tert-OH is 1. The summed E-state index contributed by atoms with van der Waals surface area (Å²) in [5.74, 6) is 1.43. The van der Waals surface area contributed by atoms with Crippen molar-refractivity contribution in [3.63, 3.8) is 0 Å². The van der Waals surface area contributed by atoms with E-state index >= 15 is 0 Å². The predicted octanol–water partition coefficient (Wildman–Crippen LogP) is 3.13. The molecule has 0 bridgehead atoms. The second-order valence-electron chi connectivity index (χ2n) is 4.31. The highest BCUT2D eigenvalue weighted by molar-refractivity contribution is 5.43. The molecule has 0 radical (unpaired) electrons. The number of aliphatic hydroxyl groups is 1. The summed E-state index contributed by atoms with van der Waals surface area (Å²) in [5, 5.41) is 8.85. The van der Waals surface area contributed by atoms with E-state index in [2.05, 4.69) is 39.0 Å². The summed E-state index contributed by atoms with van der Waals surface area (Å²) in [6.07, 6.45) is 2.14. The Bertz CT molecular complexity index is 319. The first-order valence-corrected chi connectivity index (χ1v) is 6.06. The molecule has 0 amide bonds. The third-order valence-electron chi connectivity index (χ3n) is 2.61. The summed E-state index contributed by atoms with van der Waals surface area (Å²) in [6.45, 7) is 6.93. The largest absolute Gasteiger partial charge is 0.491 e. The topological polar surface area (TPSA) is 29.5 Å². The molecule has 90 valence electrons. The fourth-order valence-electron chi connectivity index (χ4n) is 1.85. The van der Waals surface area contributed by atoms with E-state index in [1.54, 1.807) is 0 Å². The summed E-state index contributed by atoms with van der Waals surface area (Å²) >= 11 is 0. The van der Waals surface area contributed by atoms with Gasteiger partial charge in [-0.2, -0.15) is 0 Å². The third kappa shape index (κ3) is 3.24. The van der Waals surface area contributed by atoms with Crippen molar-refractivity contribution in [1.29, 1.82) is 0 Å². The molecule has 1 aromatic rings. The minimum absolute atomic E-state index is 0.0675. The number of benzene rings is 1. The highest BCUT2D eigenvalue weighted by Crippen LogP contribution is 2.30. The standard InChI is InChI=1S/C14H22O2/c1-4-6-12-7-5-8-13(11(2)3)14(12)16-10-9-15/h5,7-8,11,15H,4,6,9-10H2,1-3H3. The van der Waals surface area contributed by atoms with E-state index in [4.69, 9.17) is 9.84 Å². The van der Waals surface area contributed by atoms with Crippen LogP contribution >= 0.6 is 0 Å². The lowest BCUT2D eigenvalue weighted by molar-refractivity contribution is 0.199. The minimum Gasteiger partial charge on any atom is -0.491 e. The number of ether oxygens (including phenoxy) is 1. The molecule has 0 aliphatic carbocycles. The van der Waals surface area contributed by atoms with Crippen molar-refractivity contribution in [2.24, 2.45) is 0 Å². The zero-order valence-electron chi connectivity index (χ0n) is 10.5. The SMILES string of the molecule is CCCc1cccc(C(C)C)c1OCCO. The lowest BCUT2D eigenvalue weighted by Crippen LogP contribution is -2.07. The zero-order chi connectivity index (χ0) is 12.0. The molecule has 0 aliphatic rings. The maximum absolute atomic E-state index is 8.85. The van der Waals surface area contributed by atoms with Gasteiger partial charge in [-0.3, -0.25) is 0 Å². The molecule has 2 heteroatoms. The van der Waals surface area contributed by atoms with Crippen LogP contribution in [0, 0.1) is 0 Å². The number of rotatable bonds is 6. The normalized spacial score (nSPS) is 10.8. The maximum Gasteiger partial charge on any atom is 0.126 e. The lowest BCUT2D eigenvalue weighted by atomic mass is 9.97. The molecule has 0 saturated heterocycles. The smallest absolute Gasteiger partial charge is 0.126 e. The summed E-state index contributed by atoms with van der Waals surface area (Å²) in [7, 11) is 0. The van der Waals surface area contributed by atoms with Gasteiger partial charge in [-0.15, -0.1) is 0 Å². The number of hydrogen-bond acceptors (Lipinski definition) is 2. The van der Waals surface area contributed by atoms with Gasteiger partial charge in [0.2, 0.25) is 0 Å². The molecule has 0 atom stereocenters. The summed E-state index contributed by atoms with van der Waals surface area (Å²) in [4.78, 5) is 0. The molecule has 0 saturated carbocycles. The fraction of sp³-hybridized carbons (Fsp3) is 0.571. The monoisotopic (exact) mass is 222 g/mol. The highest BCUT2D eigenvalue weighted by Gasteiger charge is 2.11. The van der Waals surface area contributed by atoms with Crippen LogP contribution in [0.2, 0.25) is 0 Å². The van der Waals surface area contributed by atoms with Crippen molar-refractivity contribution in [3.05, 3.63) is 29.3 Å². The molecule has 0 heterocycles. The number of para-hydroxylation sites is 1. The van der Waals surface area contributed by atoms with Gasteiger partial charge in [0.05, 0.1) is 6.61 Å². The van der Waals surface area contributed by atoms with Crippen LogP contribution in [-0.4, -0.2) is 18.3 Å². The Morgan fingerprint density at radius 1 is 1.31 bits per heavy atom. The molecular weight excluding hydrogens is 200 g/mol. The Balaban J connectivity index is 3.02. The van der Waals surface area contributed by atoms with Crippen molar-refractivity contribution in [2.75, 3.05) is 13.2 Å². The van der Waals surface area contributed by atoms with Gasteiger partial charge in [0, 0.05) is 0 Å². The van der Waals surface area contributed by atoms with Crippen molar-refractivity contribution in [3.8, 4) is 5.75 Å². The Morgan fingerprint density at radius 3 is 2.62 bits per heavy atom. The Hall–Kier alpha value is -1.02. The van der Waals surface area contributed by atoms with Crippen LogP contribution in [0.4, 0.5) is 0 Å². The quantitative estimate of drug-likeness (QED) is 0.801. The summed E-state index contributed by atoms with van der Waals surface area (Å²) in [5.41, 5.74) is 2.49. The molecule has 1 N–H and O–H groups in total. The van der Waals surface area contributed by atoms with E-state index in [0.717, 1.165) is 18.6 Å². The van der Waals surface area contributed by atoms with E-state index < -0.39 is 0 Å². The Labute approximate surface area is 98.3 Å². The van der Waals surface area contributed by atoms with Gasteiger partial charge in [0.25, 0.3) is 0 Å². The molecule has 0 spiro atoms. The molecule has 0 aromatic heterocycles. The predicted molar refractivity (Wildman–Crippen MR) is 67.1 cm³/mol. The second kappa shape index (κ2) is 6.54. The molecule has 1 rings (SSSR count). The van der Waals surface area contributed by atoms with E-state index in [1.807, 2.05) is 0 Å². The molecule has 1 aromatic carbocycles. The van der Waals surface area contributed by atoms with Crippen LogP contribution in [0.5, 0.6) is 5.75 Å². The van der Waals surface area contributed by atoms with Crippen molar-refractivity contribution >= 4 is 0 Å². The van der Waals surface area contributed by atoms with Crippen LogP contribution in [-0.2, 0) is 6.42 Å². The van der Waals surface area contributed by atoms with Gasteiger partial charge >= 0.3 is 0 Å². The van der Waals surface area contributed by atoms with Gasteiger partial charge < -0.3 is 9.84 Å². The van der Waals surface area contributed by atoms with Crippen LogP contribution in [0.3, 0.4) is 0 Å². The first kappa shape index (κ1) is 13.0. The van der Waals surface area contributed by atoms with Crippen molar-refractivity contribution in [1.82, 2.24) is 0 Å². The minimum atomic E-state index is 0.0675. The third-order valence-corrected chi connectivity index (χ3v) is 2.61. The van der Waals surface area contributed by atoms with Gasteiger partial charge in [0.15, 0.2) is 0 Å².